The van der Waals surface area contributed by atoms with Crippen LogP contribution < -0.4 is 0 Å². The second-order valence-electron chi connectivity index (χ2n) is 4.02. The van der Waals surface area contributed by atoms with Crippen LogP contribution in [0.1, 0.15) is 19.3 Å². The van der Waals surface area contributed by atoms with Crippen LogP contribution in [0.5, 0.6) is 0 Å². The van der Waals surface area contributed by atoms with Gasteiger partial charge in [0.1, 0.15) is 5.78 Å². The zero-order valence-corrected chi connectivity index (χ0v) is 7.05. The van der Waals surface area contributed by atoms with Gasteiger partial charge < -0.3 is 4.90 Å². The van der Waals surface area contributed by atoms with Crippen LogP contribution in [-0.2, 0) is 4.79 Å². The van der Waals surface area contributed by atoms with Crippen molar-refractivity contribution in [3.8, 4) is 0 Å². The first kappa shape index (κ1) is 7.29. The average molecular weight is 153 g/mol. The third-order valence-corrected chi connectivity index (χ3v) is 3.04. The zero-order chi connectivity index (χ0) is 7.84. The van der Waals surface area contributed by atoms with Gasteiger partial charge in [0.25, 0.3) is 0 Å². The van der Waals surface area contributed by atoms with Crippen LogP contribution in [0.25, 0.3) is 0 Å². The van der Waals surface area contributed by atoms with Gasteiger partial charge in [-0.1, -0.05) is 0 Å². The Morgan fingerprint density at radius 2 is 2.09 bits per heavy atom. The van der Waals surface area contributed by atoms with Crippen molar-refractivity contribution in [3.63, 3.8) is 0 Å². The number of likely N-dealkylation sites (tertiary alicyclic amines) is 1. The third-order valence-electron chi connectivity index (χ3n) is 3.04. The average Bonchev–Trinajstić information content (AvgIpc) is 2.27. The van der Waals surface area contributed by atoms with Gasteiger partial charge in [0.2, 0.25) is 0 Å². The molecular formula is C9H15NO. The molecule has 2 nitrogen and oxygen atoms in total. The molecule has 62 valence electrons. The Hall–Kier alpha value is -0.370. The molecule has 1 heterocycles. The predicted octanol–water partition coefficient (Wildman–Crippen LogP) is 0.917. The van der Waals surface area contributed by atoms with Crippen LogP contribution in [0, 0.1) is 11.8 Å². The van der Waals surface area contributed by atoms with Crippen molar-refractivity contribution in [3.05, 3.63) is 0 Å². The summed E-state index contributed by atoms with van der Waals surface area (Å²) in [5.41, 5.74) is 0. The SMILES string of the molecule is CN1C[C@H]2CCC(=O)C[C@@H]2C1. The summed E-state index contributed by atoms with van der Waals surface area (Å²) in [6, 6.07) is 0. The lowest BCUT2D eigenvalue weighted by molar-refractivity contribution is -0.122. The summed E-state index contributed by atoms with van der Waals surface area (Å²) >= 11 is 0. The minimum atomic E-state index is 0.488. The summed E-state index contributed by atoms with van der Waals surface area (Å²) in [5.74, 6) is 2.01. The molecule has 0 aromatic carbocycles. The standard InChI is InChI=1S/C9H15NO/c1-10-5-7-2-3-9(11)4-8(7)6-10/h7-8H,2-6H2,1H3/t7-,8-/m1/s1. The van der Waals surface area contributed by atoms with E-state index in [9.17, 15) is 4.79 Å². The minimum absolute atomic E-state index is 0.488. The predicted molar refractivity (Wildman–Crippen MR) is 43.3 cm³/mol. The molecule has 1 saturated carbocycles. The van der Waals surface area contributed by atoms with Gasteiger partial charge in [-0.05, 0) is 25.3 Å². The van der Waals surface area contributed by atoms with Crippen LogP contribution >= 0.6 is 0 Å². The highest BCUT2D eigenvalue weighted by atomic mass is 16.1. The van der Waals surface area contributed by atoms with E-state index in [4.69, 9.17) is 0 Å². The topological polar surface area (TPSA) is 20.3 Å². The van der Waals surface area contributed by atoms with Crippen molar-refractivity contribution in [2.45, 2.75) is 19.3 Å². The number of hydrogen-bond donors (Lipinski definition) is 0. The van der Waals surface area contributed by atoms with E-state index in [0.29, 0.717) is 11.7 Å². The Morgan fingerprint density at radius 1 is 1.36 bits per heavy atom. The first-order chi connectivity index (χ1) is 5.25. The lowest BCUT2D eigenvalue weighted by Crippen LogP contribution is -2.23. The Morgan fingerprint density at radius 3 is 2.91 bits per heavy atom. The molecule has 1 aliphatic carbocycles. The van der Waals surface area contributed by atoms with Crippen molar-refractivity contribution in [1.29, 1.82) is 0 Å². The fraction of sp³-hybridized carbons (Fsp3) is 0.889. The molecule has 2 heteroatoms. The molecule has 1 aliphatic heterocycles. The van der Waals surface area contributed by atoms with Crippen molar-refractivity contribution in [1.82, 2.24) is 4.90 Å². The molecular weight excluding hydrogens is 138 g/mol. The Balaban J connectivity index is 2.02. The molecule has 0 unspecified atom stereocenters. The second-order valence-corrected chi connectivity index (χ2v) is 4.02. The molecule has 0 spiro atoms. The summed E-state index contributed by atoms with van der Waals surface area (Å²) in [4.78, 5) is 13.4. The van der Waals surface area contributed by atoms with Crippen LogP contribution in [-0.4, -0.2) is 30.8 Å². The number of ketones is 1. The number of hydrogen-bond acceptors (Lipinski definition) is 2. The Kier molecular flexibility index (Phi) is 1.72. The molecule has 0 amide bonds. The molecule has 0 radical (unpaired) electrons. The highest BCUT2D eigenvalue weighted by molar-refractivity contribution is 5.79. The molecule has 0 aromatic heterocycles. The Bertz CT molecular complexity index is 178. The summed E-state index contributed by atoms with van der Waals surface area (Å²) in [6.45, 7) is 2.37. The van der Waals surface area contributed by atoms with E-state index < -0.39 is 0 Å². The number of carbonyl (C=O) groups is 1. The number of rotatable bonds is 0. The van der Waals surface area contributed by atoms with Gasteiger partial charge in [-0.2, -0.15) is 0 Å². The third kappa shape index (κ3) is 1.32. The van der Waals surface area contributed by atoms with Gasteiger partial charge >= 0.3 is 0 Å². The van der Waals surface area contributed by atoms with Crippen LogP contribution in [0.4, 0.5) is 0 Å². The molecule has 2 atom stereocenters. The molecule has 11 heavy (non-hydrogen) atoms. The molecule has 0 N–H and O–H groups in total. The van der Waals surface area contributed by atoms with Gasteiger partial charge in [0, 0.05) is 25.9 Å². The van der Waals surface area contributed by atoms with E-state index in [-0.39, 0.29) is 0 Å². The molecule has 1 saturated heterocycles. The zero-order valence-electron chi connectivity index (χ0n) is 7.05. The lowest BCUT2D eigenvalue weighted by Gasteiger charge is -2.22. The largest absolute Gasteiger partial charge is 0.306 e. The normalized spacial score (nSPS) is 39.2. The van der Waals surface area contributed by atoms with E-state index in [1.165, 1.54) is 6.54 Å². The smallest absolute Gasteiger partial charge is 0.133 e. The van der Waals surface area contributed by atoms with Crippen LogP contribution in [0.15, 0.2) is 0 Å². The lowest BCUT2D eigenvalue weighted by atomic mass is 9.81. The summed E-state index contributed by atoms with van der Waals surface area (Å²) in [5, 5.41) is 0. The Labute approximate surface area is 67.6 Å². The van der Waals surface area contributed by atoms with E-state index in [0.717, 1.165) is 31.7 Å². The summed E-state index contributed by atoms with van der Waals surface area (Å²) in [7, 11) is 2.16. The molecule has 2 fully saturated rings. The number of Topliss-reactive ketones (excluding diaryl/α,β-unsaturated/α-hetero) is 1. The second kappa shape index (κ2) is 2.59. The molecule has 0 bridgehead atoms. The quantitative estimate of drug-likeness (QED) is 0.515. The maximum absolute atomic E-state index is 11.1. The number of fused-ring (bicyclic) bond motifs is 1. The van der Waals surface area contributed by atoms with Crippen molar-refractivity contribution in [2.75, 3.05) is 20.1 Å². The van der Waals surface area contributed by atoms with Crippen molar-refractivity contribution in [2.24, 2.45) is 11.8 Å². The molecule has 2 rings (SSSR count). The maximum atomic E-state index is 11.1. The van der Waals surface area contributed by atoms with Gasteiger partial charge in [-0.3, -0.25) is 4.79 Å². The van der Waals surface area contributed by atoms with Gasteiger partial charge in [0.15, 0.2) is 0 Å². The summed E-state index contributed by atoms with van der Waals surface area (Å²) < 4.78 is 0. The highest BCUT2D eigenvalue weighted by Gasteiger charge is 2.35. The van der Waals surface area contributed by atoms with E-state index in [1.807, 2.05) is 0 Å². The number of nitrogens with zero attached hydrogens (tertiary/aromatic N) is 1. The summed E-state index contributed by atoms with van der Waals surface area (Å²) in [6.07, 6.45) is 2.85. The highest BCUT2D eigenvalue weighted by Crippen LogP contribution is 2.33. The maximum Gasteiger partial charge on any atom is 0.133 e. The van der Waals surface area contributed by atoms with E-state index in [2.05, 4.69) is 11.9 Å². The fourth-order valence-electron chi connectivity index (χ4n) is 2.47. The minimum Gasteiger partial charge on any atom is -0.306 e. The van der Waals surface area contributed by atoms with Crippen molar-refractivity contribution < 1.29 is 4.79 Å². The van der Waals surface area contributed by atoms with Gasteiger partial charge in [0.05, 0.1) is 0 Å². The van der Waals surface area contributed by atoms with Gasteiger partial charge in [-0.25, -0.2) is 0 Å². The van der Waals surface area contributed by atoms with Gasteiger partial charge in [-0.15, -0.1) is 0 Å². The van der Waals surface area contributed by atoms with Crippen LogP contribution in [0.2, 0.25) is 0 Å². The van der Waals surface area contributed by atoms with E-state index in [1.54, 1.807) is 0 Å². The number of carbonyl (C=O) groups excluding carboxylic acids is 1. The van der Waals surface area contributed by atoms with Crippen molar-refractivity contribution >= 4 is 5.78 Å². The molecule has 2 aliphatic rings. The molecule has 0 aromatic rings. The first-order valence-corrected chi connectivity index (χ1v) is 4.46. The van der Waals surface area contributed by atoms with E-state index >= 15 is 0 Å². The monoisotopic (exact) mass is 153 g/mol. The van der Waals surface area contributed by atoms with Crippen LogP contribution in [0.3, 0.4) is 0 Å². The first-order valence-electron chi connectivity index (χ1n) is 4.46. The fourth-order valence-corrected chi connectivity index (χ4v) is 2.47.